The highest BCUT2D eigenvalue weighted by Gasteiger charge is 2.20. The van der Waals surface area contributed by atoms with Crippen LogP contribution in [0.5, 0.6) is 11.5 Å². The van der Waals surface area contributed by atoms with E-state index in [0.29, 0.717) is 24.7 Å². The van der Waals surface area contributed by atoms with Gasteiger partial charge in [0.2, 0.25) is 10.0 Å². The maximum Gasteiger partial charge on any atom is 0.240 e. The van der Waals surface area contributed by atoms with Crippen molar-refractivity contribution >= 4 is 10.0 Å². The van der Waals surface area contributed by atoms with E-state index in [4.69, 9.17) is 9.47 Å². The van der Waals surface area contributed by atoms with Crippen LogP contribution in [-0.2, 0) is 10.0 Å². The summed E-state index contributed by atoms with van der Waals surface area (Å²) >= 11 is 0. The minimum Gasteiger partial charge on any atom is -0.486 e. The molecule has 0 amide bonds. The third-order valence-corrected chi connectivity index (χ3v) is 4.50. The molecule has 0 fully saturated rings. The van der Waals surface area contributed by atoms with Gasteiger partial charge in [0.1, 0.15) is 13.2 Å². The Morgan fingerprint density at radius 1 is 1.25 bits per heavy atom. The highest BCUT2D eigenvalue weighted by molar-refractivity contribution is 7.89. The van der Waals surface area contributed by atoms with Gasteiger partial charge in [-0.15, -0.1) is 0 Å². The summed E-state index contributed by atoms with van der Waals surface area (Å²) in [5, 5.41) is 9.66. The predicted molar refractivity (Wildman–Crippen MR) is 73.5 cm³/mol. The topological polar surface area (TPSA) is 84.9 Å². The summed E-state index contributed by atoms with van der Waals surface area (Å²) in [7, 11) is -3.67. The smallest absolute Gasteiger partial charge is 0.240 e. The number of aliphatic hydroxyl groups is 1. The van der Waals surface area contributed by atoms with Gasteiger partial charge in [0.25, 0.3) is 0 Å². The Balaban J connectivity index is 2.13. The second-order valence-electron chi connectivity index (χ2n) is 4.97. The number of benzene rings is 1. The van der Waals surface area contributed by atoms with Gasteiger partial charge in [0, 0.05) is 12.6 Å². The molecular weight excluding hydrogens is 282 g/mol. The van der Waals surface area contributed by atoms with Crippen LogP contribution in [0.25, 0.3) is 0 Å². The fourth-order valence-corrected chi connectivity index (χ4v) is 2.77. The first-order chi connectivity index (χ1) is 9.40. The van der Waals surface area contributed by atoms with Gasteiger partial charge in [0.05, 0.1) is 11.0 Å². The summed E-state index contributed by atoms with van der Waals surface area (Å²) in [5.41, 5.74) is 0. The minimum absolute atomic E-state index is 0.0158. The number of hydrogen-bond acceptors (Lipinski definition) is 5. The number of fused-ring (bicyclic) bond motifs is 1. The summed E-state index contributed by atoms with van der Waals surface area (Å²) in [6.45, 7) is 4.48. The van der Waals surface area contributed by atoms with Crippen LogP contribution < -0.4 is 14.2 Å². The van der Waals surface area contributed by atoms with Gasteiger partial charge in [-0.2, -0.15) is 0 Å². The van der Waals surface area contributed by atoms with Crippen molar-refractivity contribution in [3.8, 4) is 11.5 Å². The second-order valence-corrected chi connectivity index (χ2v) is 6.74. The number of nitrogens with one attached hydrogen (secondary N) is 1. The Morgan fingerprint density at radius 2 is 1.90 bits per heavy atom. The van der Waals surface area contributed by atoms with E-state index in [9.17, 15) is 13.5 Å². The zero-order valence-electron chi connectivity index (χ0n) is 11.5. The molecule has 7 heteroatoms. The molecule has 0 spiro atoms. The summed E-state index contributed by atoms with van der Waals surface area (Å²) in [6, 6.07) is 4.46. The Hall–Kier alpha value is -1.31. The van der Waals surface area contributed by atoms with E-state index in [1.54, 1.807) is 6.07 Å². The molecule has 1 aliphatic heterocycles. The van der Waals surface area contributed by atoms with Crippen LogP contribution in [0.2, 0.25) is 0 Å². The first-order valence-corrected chi connectivity index (χ1v) is 7.96. The van der Waals surface area contributed by atoms with E-state index in [1.807, 2.05) is 13.8 Å². The van der Waals surface area contributed by atoms with Crippen LogP contribution in [-0.4, -0.2) is 39.4 Å². The third kappa shape index (κ3) is 3.41. The first-order valence-electron chi connectivity index (χ1n) is 6.47. The van der Waals surface area contributed by atoms with Gasteiger partial charge in [0.15, 0.2) is 11.5 Å². The molecule has 20 heavy (non-hydrogen) atoms. The number of rotatable bonds is 5. The lowest BCUT2D eigenvalue weighted by molar-refractivity contribution is 0.129. The number of ether oxygens (including phenoxy) is 2. The standard InChI is InChI=1S/C13H19NO5S/c1-9(2)11(15)8-14-20(16,17)10-3-4-12-13(7-10)19-6-5-18-12/h3-4,7,9,11,14-15H,5-6,8H2,1-2H3. The molecule has 1 heterocycles. The molecule has 0 saturated carbocycles. The quantitative estimate of drug-likeness (QED) is 0.838. The van der Waals surface area contributed by atoms with E-state index >= 15 is 0 Å². The fraction of sp³-hybridized carbons (Fsp3) is 0.538. The first kappa shape index (κ1) is 15.1. The molecule has 112 valence electrons. The van der Waals surface area contributed by atoms with Gasteiger partial charge < -0.3 is 14.6 Å². The van der Waals surface area contributed by atoms with Crippen molar-refractivity contribution in [2.45, 2.75) is 24.8 Å². The highest BCUT2D eigenvalue weighted by atomic mass is 32.2. The zero-order chi connectivity index (χ0) is 14.8. The molecule has 1 atom stereocenters. The Labute approximate surface area is 118 Å². The summed E-state index contributed by atoms with van der Waals surface area (Å²) in [4.78, 5) is 0.0951. The molecule has 0 saturated heterocycles. The normalized spacial score (nSPS) is 16.2. The summed E-state index contributed by atoms with van der Waals surface area (Å²) in [5.74, 6) is 0.943. The average molecular weight is 301 g/mol. The van der Waals surface area contributed by atoms with Crippen molar-refractivity contribution in [2.24, 2.45) is 5.92 Å². The number of hydrogen-bond donors (Lipinski definition) is 2. The number of aliphatic hydroxyl groups excluding tert-OH is 1. The Morgan fingerprint density at radius 3 is 2.55 bits per heavy atom. The van der Waals surface area contributed by atoms with E-state index in [0.717, 1.165) is 0 Å². The lowest BCUT2D eigenvalue weighted by Crippen LogP contribution is -2.34. The molecular formula is C13H19NO5S. The van der Waals surface area contributed by atoms with Crippen LogP contribution in [0.4, 0.5) is 0 Å². The molecule has 1 aromatic rings. The van der Waals surface area contributed by atoms with Crippen LogP contribution in [0.1, 0.15) is 13.8 Å². The minimum atomic E-state index is -3.67. The predicted octanol–water partition coefficient (Wildman–Crippen LogP) is 0.753. The van der Waals surface area contributed by atoms with E-state index in [2.05, 4.69) is 4.72 Å². The van der Waals surface area contributed by atoms with Crippen molar-refractivity contribution in [3.05, 3.63) is 18.2 Å². The Kier molecular flexibility index (Phi) is 4.52. The van der Waals surface area contributed by atoms with E-state index in [-0.39, 0.29) is 17.4 Å². The second kappa shape index (κ2) is 5.99. The fourth-order valence-electron chi connectivity index (χ4n) is 1.70. The maximum atomic E-state index is 12.1. The molecule has 0 aliphatic carbocycles. The van der Waals surface area contributed by atoms with Crippen LogP contribution in [0.15, 0.2) is 23.1 Å². The van der Waals surface area contributed by atoms with E-state index < -0.39 is 16.1 Å². The molecule has 1 aliphatic rings. The third-order valence-electron chi connectivity index (χ3n) is 3.08. The van der Waals surface area contributed by atoms with Crippen molar-refractivity contribution in [3.63, 3.8) is 0 Å². The lowest BCUT2D eigenvalue weighted by atomic mass is 10.1. The van der Waals surface area contributed by atoms with Crippen molar-refractivity contribution in [1.82, 2.24) is 4.72 Å². The lowest BCUT2D eigenvalue weighted by Gasteiger charge is -2.19. The highest BCUT2D eigenvalue weighted by Crippen LogP contribution is 2.32. The molecule has 2 rings (SSSR count). The van der Waals surface area contributed by atoms with Crippen LogP contribution in [0, 0.1) is 5.92 Å². The molecule has 6 nitrogen and oxygen atoms in total. The van der Waals surface area contributed by atoms with Crippen molar-refractivity contribution in [2.75, 3.05) is 19.8 Å². The maximum absolute atomic E-state index is 12.1. The Bertz CT molecular complexity index is 570. The van der Waals surface area contributed by atoms with Gasteiger partial charge in [-0.05, 0) is 18.1 Å². The van der Waals surface area contributed by atoms with Gasteiger partial charge >= 0.3 is 0 Å². The molecule has 2 N–H and O–H groups in total. The molecule has 1 aromatic carbocycles. The van der Waals surface area contributed by atoms with Crippen LogP contribution in [0.3, 0.4) is 0 Å². The van der Waals surface area contributed by atoms with Gasteiger partial charge in [-0.3, -0.25) is 0 Å². The monoisotopic (exact) mass is 301 g/mol. The van der Waals surface area contributed by atoms with Crippen molar-refractivity contribution in [1.29, 1.82) is 0 Å². The van der Waals surface area contributed by atoms with Gasteiger partial charge in [-0.25, -0.2) is 13.1 Å². The SMILES string of the molecule is CC(C)C(O)CNS(=O)(=O)c1ccc2c(c1)OCCO2. The van der Waals surface area contributed by atoms with Gasteiger partial charge in [-0.1, -0.05) is 13.8 Å². The number of sulfonamides is 1. The molecule has 0 radical (unpaired) electrons. The largest absolute Gasteiger partial charge is 0.486 e. The van der Waals surface area contributed by atoms with E-state index in [1.165, 1.54) is 12.1 Å². The summed E-state index contributed by atoms with van der Waals surface area (Å²) in [6.07, 6.45) is -0.720. The molecule has 1 unspecified atom stereocenters. The molecule has 0 aromatic heterocycles. The van der Waals surface area contributed by atoms with Crippen molar-refractivity contribution < 1.29 is 23.0 Å². The molecule has 0 bridgehead atoms. The zero-order valence-corrected chi connectivity index (χ0v) is 12.3. The average Bonchev–Trinajstić information content (AvgIpc) is 2.44. The van der Waals surface area contributed by atoms with Crippen LogP contribution >= 0.6 is 0 Å². The summed E-state index contributed by atoms with van der Waals surface area (Å²) < 4.78 is 37.3.